The van der Waals surface area contributed by atoms with Gasteiger partial charge in [-0.3, -0.25) is 14.0 Å². The molecule has 1 amide bonds. The Kier molecular flexibility index (Phi) is 4.90. The summed E-state index contributed by atoms with van der Waals surface area (Å²) in [5.41, 5.74) is 4.12. The third-order valence-electron chi connectivity index (χ3n) is 4.29. The predicted molar refractivity (Wildman–Crippen MR) is 109 cm³/mol. The number of carboxylic acids is 1. The fourth-order valence-corrected chi connectivity index (χ4v) is 3.83. The first-order valence-electron chi connectivity index (χ1n) is 8.70. The highest BCUT2D eigenvalue weighted by Crippen LogP contribution is 2.24. The normalized spacial score (nSPS) is 10.9. The van der Waals surface area contributed by atoms with E-state index >= 15 is 0 Å². The number of hydrogen-bond donors (Lipinski definition) is 2. The number of imidazole rings is 1. The molecule has 0 saturated heterocycles. The number of nitrogens with zero attached hydrogens (tertiary/aromatic N) is 2. The van der Waals surface area contributed by atoms with E-state index in [0.717, 1.165) is 21.9 Å². The summed E-state index contributed by atoms with van der Waals surface area (Å²) in [5, 5.41) is 13.6. The summed E-state index contributed by atoms with van der Waals surface area (Å²) in [7, 11) is 0. The van der Waals surface area contributed by atoms with Gasteiger partial charge in [-0.2, -0.15) is 0 Å². The van der Waals surface area contributed by atoms with E-state index in [1.807, 2.05) is 46.3 Å². The van der Waals surface area contributed by atoms with Crippen LogP contribution in [0.15, 0.2) is 66.2 Å². The summed E-state index contributed by atoms with van der Waals surface area (Å²) in [6.07, 6.45) is 2.14. The Bertz CT molecular complexity index is 1130. The SMILES string of the molecule is O=C(O)Cc1ccc(NC(=O)Cc2csc3nc(-c4ccccc4)cn23)cc1. The highest BCUT2D eigenvalue weighted by molar-refractivity contribution is 7.15. The number of aromatic nitrogens is 2. The number of hydrogen-bond acceptors (Lipinski definition) is 4. The van der Waals surface area contributed by atoms with Gasteiger partial charge in [0.05, 0.1) is 18.5 Å². The average Bonchev–Trinajstić information content (AvgIpc) is 3.26. The van der Waals surface area contributed by atoms with E-state index in [-0.39, 0.29) is 18.7 Å². The molecule has 0 radical (unpaired) electrons. The molecule has 0 bridgehead atoms. The van der Waals surface area contributed by atoms with Crippen molar-refractivity contribution in [1.82, 2.24) is 9.38 Å². The summed E-state index contributed by atoms with van der Waals surface area (Å²) in [6, 6.07) is 16.8. The number of rotatable bonds is 6. The van der Waals surface area contributed by atoms with Gasteiger partial charge in [0.1, 0.15) is 0 Å². The van der Waals surface area contributed by atoms with Gasteiger partial charge in [-0.15, -0.1) is 11.3 Å². The maximum absolute atomic E-state index is 12.4. The van der Waals surface area contributed by atoms with Crippen LogP contribution in [0.5, 0.6) is 0 Å². The number of thiazole rings is 1. The quantitative estimate of drug-likeness (QED) is 0.523. The number of carbonyl (C=O) groups is 2. The number of fused-ring (bicyclic) bond motifs is 1. The van der Waals surface area contributed by atoms with Crippen molar-refractivity contribution < 1.29 is 14.7 Å². The Balaban J connectivity index is 1.46. The second kappa shape index (κ2) is 7.66. The minimum absolute atomic E-state index is 0.0362. The van der Waals surface area contributed by atoms with Crippen molar-refractivity contribution in [2.45, 2.75) is 12.8 Å². The molecule has 0 aliphatic heterocycles. The van der Waals surface area contributed by atoms with Crippen LogP contribution in [-0.2, 0) is 22.4 Å². The van der Waals surface area contributed by atoms with E-state index in [9.17, 15) is 9.59 Å². The van der Waals surface area contributed by atoms with Crippen molar-refractivity contribution >= 4 is 33.9 Å². The lowest BCUT2D eigenvalue weighted by Gasteiger charge is -2.06. The molecular weight excluding hydrogens is 374 g/mol. The Morgan fingerprint density at radius 2 is 1.79 bits per heavy atom. The zero-order valence-electron chi connectivity index (χ0n) is 14.8. The molecule has 2 heterocycles. The zero-order chi connectivity index (χ0) is 19.5. The van der Waals surface area contributed by atoms with Crippen molar-refractivity contribution in [1.29, 1.82) is 0 Å². The summed E-state index contributed by atoms with van der Waals surface area (Å²) in [6.45, 7) is 0. The zero-order valence-corrected chi connectivity index (χ0v) is 15.6. The van der Waals surface area contributed by atoms with Gasteiger partial charge in [-0.25, -0.2) is 4.98 Å². The largest absolute Gasteiger partial charge is 0.481 e. The van der Waals surface area contributed by atoms with Crippen LogP contribution >= 0.6 is 11.3 Å². The monoisotopic (exact) mass is 391 g/mol. The van der Waals surface area contributed by atoms with Crippen LogP contribution < -0.4 is 5.32 Å². The lowest BCUT2D eigenvalue weighted by atomic mass is 10.1. The molecule has 6 nitrogen and oxygen atoms in total. The fraction of sp³-hybridized carbons (Fsp3) is 0.0952. The lowest BCUT2D eigenvalue weighted by Crippen LogP contribution is -2.15. The molecule has 140 valence electrons. The first-order valence-corrected chi connectivity index (χ1v) is 9.58. The van der Waals surface area contributed by atoms with Crippen molar-refractivity contribution in [2.75, 3.05) is 5.32 Å². The van der Waals surface area contributed by atoms with Crippen LogP contribution in [0, 0.1) is 0 Å². The van der Waals surface area contributed by atoms with E-state index < -0.39 is 5.97 Å². The second-order valence-corrected chi connectivity index (χ2v) is 7.20. The predicted octanol–water partition coefficient (Wildman–Crippen LogP) is 3.87. The van der Waals surface area contributed by atoms with Gasteiger partial charge in [0, 0.05) is 28.5 Å². The molecule has 4 aromatic rings. The van der Waals surface area contributed by atoms with Crippen LogP contribution in [-0.4, -0.2) is 26.4 Å². The minimum atomic E-state index is -0.881. The molecule has 0 saturated carbocycles. The first kappa shape index (κ1) is 17.9. The average molecular weight is 391 g/mol. The maximum Gasteiger partial charge on any atom is 0.307 e. The van der Waals surface area contributed by atoms with Gasteiger partial charge < -0.3 is 10.4 Å². The lowest BCUT2D eigenvalue weighted by molar-refractivity contribution is -0.136. The molecule has 28 heavy (non-hydrogen) atoms. The number of benzene rings is 2. The van der Waals surface area contributed by atoms with Crippen molar-refractivity contribution in [3.05, 3.63) is 77.4 Å². The molecule has 2 N–H and O–H groups in total. The molecule has 0 spiro atoms. The third-order valence-corrected chi connectivity index (χ3v) is 5.18. The van der Waals surface area contributed by atoms with Gasteiger partial charge in [0.2, 0.25) is 5.91 Å². The van der Waals surface area contributed by atoms with Gasteiger partial charge >= 0.3 is 5.97 Å². The summed E-state index contributed by atoms with van der Waals surface area (Å²) >= 11 is 1.50. The van der Waals surface area contributed by atoms with Gasteiger partial charge in [0.15, 0.2) is 4.96 Å². The Hall–Kier alpha value is -3.45. The topological polar surface area (TPSA) is 83.7 Å². The molecule has 0 aliphatic carbocycles. The highest BCUT2D eigenvalue weighted by atomic mass is 32.1. The number of anilines is 1. The number of aliphatic carboxylic acids is 1. The standard InChI is InChI=1S/C21H17N3O3S/c25-19(22-16-8-6-14(7-9-16)10-20(26)27)11-17-13-28-21-23-18(12-24(17)21)15-4-2-1-3-5-15/h1-9,12-13H,10-11H2,(H,22,25)(H,26,27). The van der Waals surface area contributed by atoms with E-state index in [1.54, 1.807) is 24.3 Å². The number of carboxylic acid groups (broad SMARTS) is 1. The van der Waals surface area contributed by atoms with Gasteiger partial charge in [-0.1, -0.05) is 42.5 Å². The summed E-state index contributed by atoms with van der Waals surface area (Å²) in [4.78, 5) is 28.6. The van der Waals surface area contributed by atoms with Gasteiger partial charge in [0.25, 0.3) is 0 Å². The van der Waals surface area contributed by atoms with Gasteiger partial charge in [-0.05, 0) is 17.7 Å². The summed E-state index contributed by atoms with van der Waals surface area (Å²) in [5.74, 6) is -1.02. The molecule has 2 aromatic carbocycles. The Morgan fingerprint density at radius 3 is 2.50 bits per heavy atom. The van der Waals surface area contributed by atoms with Crippen LogP contribution in [0.1, 0.15) is 11.3 Å². The summed E-state index contributed by atoms with van der Waals surface area (Å²) < 4.78 is 1.95. The molecule has 0 unspecified atom stereocenters. The van der Waals surface area contributed by atoms with Crippen LogP contribution in [0.4, 0.5) is 5.69 Å². The molecule has 7 heteroatoms. The first-order chi connectivity index (χ1) is 13.6. The third kappa shape index (κ3) is 3.94. The minimum Gasteiger partial charge on any atom is -0.481 e. The van der Waals surface area contributed by atoms with Crippen molar-refractivity contribution in [3.8, 4) is 11.3 Å². The maximum atomic E-state index is 12.4. The van der Waals surface area contributed by atoms with Crippen LogP contribution in [0.25, 0.3) is 16.2 Å². The van der Waals surface area contributed by atoms with Crippen LogP contribution in [0.2, 0.25) is 0 Å². The van der Waals surface area contributed by atoms with E-state index in [2.05, 4.69) is 10.3 Å². The van der Waals surface area contributed by atoms with Crippen molar-refractivity contribution in [3.63, 3.8) is 0 Å². The number of nitrogens with one attached hydrogen (secondary N) is 1. The molecule has 4 rings (SSSR count). The molecule has 2 aromatic heterocycles. The van der Waals surface area contributed by atoms with E-state index in [0.29, 0.717) is 11.3 Å². The number of amides is 1. The number of carbonyl (C=O) groups excluding carboxylic acids is 1. The highest BCUT2D eigenvalue weighted by Gasteiger charge is 2.13. The second-order valence-electron chi connectivity index (χ2n) is 6.36. The van der Waals surface area contributed by atoms with Crippen LogP contribution in [0.3, 0.4) is 0 Å². The molecule has 0 fully saturated rings. The molecule has 0 aliphatic rings. The smallest absolute Gasteiger partial charge is 0.307 e. The fourth-order valence-electron chi connectivity index (χ4n) is 2.95. The van der Waals surface area contributed by atoms with Crippen molar-refractivity contribution in [2.24, 2.45) is 0 Å². The van der Waals surface area contributed by atoms with E-state index in [4.69, 9.17) is 5.11 Å². The van der Waals surface area contributed by atoms with E-state index in [1.165, 1.54) is 11.3 Å². The Labute approximate surface area is 165 Å². The Morgan fingerprint density at radius 1 is 1.04 bits per heavy atom. The molecule has 0 atom stereocenters. The molecular formula is C21H17N3O3S.